The van der Waals surface area contributed by atoms with Crippen LogP contribution < -0.4 is 0 Å². The van der Waals surface area contributed by atoms with Gasteiger partial charge < -0.3 is 9.84 Å². The normalized spacial score (nSPS) is 40.7. The molecule has 0 bridgehead atoms. The minimum atomic E-state index is -0.314. The molecule has 5 rings (SSSR count). The largest absolute Gasteiger partial charge is 0.462 e. The van der Waals surface area contributed by atoms with Gasteiger partial charge >= 0.3 is 5.97 Å². The molecule has 5 aliphatic rings. The first-order valence-electron chi connectivity index (χ1n) is 22.0. The molecule has 290 valence electrons. The lowest BCUT2D eigenvalue weighted by Gasteiger charge is -2.73. The molecule has 11 atom stereocenters. The van der Waals surface area contributed by atoms with Crippen LogP contribution in [0.3, 0.4) is 0 Å². The van der Waals surface area contributed by atoms with E-state index in [2.05, 4.69) is 74.1 Å². The second-order valence-corrected chi connectivity index (χ2v) is 20.4. The first kappa shape index (κ1) is 40.8. The van der Waals surface area contributed by atoms with Gasteiger partial charge in [-0.3, -0.25) is 4.79 Å². The van der Waals surface area contributed by atoms with Crippen molar-refractivity contribution in [1.82, 2.24) is 0 Å². The number of allylic oxidation sites excluding steroid dienone is 4. The number of carbonyl (C=O) groups is 1. The number of esters is 1. The fourth-order valence-electron chi connectivity index (χ4n) is 14.0. The maximum Gasteiger partial charge on any atom is 0.306 e. The Bertz CT molecular complexity index is 1240. The monoisotopic (exact) mass is 705 g/mol. The fraction of sp³-hybridized carbons (Fsp3) is 0.854. The lowest BCUT2D eigenvalue weighted by molar-refractivity contribution is -0.249. The Morgan fingerprint density at radius 1 is 0.804 bits per heavy atom. The quantitative estimate of drug-likeness (QED) is 0.0753. The van der Waals surface area contributed by atoms with Crippen molar-refractivity contribution in [2.45, 2.75) is 202 Å². The summed E-state index contributed by atoms with van der Waals surface area (Å²) in [5.41, 5.74) is 3.08. The standard InChI is InChI=1S/C48H80O3/c1-10-11-19-22-36(49)23-20-17-15-13-12-14-16-18-21-24-42(50)51-41-29-31-46(7)39(44(41,4)5)28-32-48(9)40(46)26-25-38-43-37(35(2)3)27-30-45(43,6)33-34-47(38,48)8/h15,17,20,23,36-41,43,49H,2,10-14,16,18-19,21-22,24-34H2,1,3-9H3/b17-15-,23-20+/t36?,37-,38+,39-,40+,41-,43+,45+,46-,47+,48+/m0/s1. The molecule has 0 aromatic rings. The third kappa shape index (κ3) is 8.05. The van der Waals surface area contributed by atoms with Crippen LogP contribution in [0.5, 0.6) is 0 Å². The zero-order valence-electron chi connectivity index (χ0n) is 34.7. The van der Waals surface area contributed by atoms with E-state index in [1.54, 1.807) is 0 Å². The van der Waals surface area contributed by atoms with E-state index in [-0.39, 0.29) is 23.6 Å². The molecule has 0 radical (unpaired) electrons. The lowest BCUT2D eigenvalue weighted by atomic mass is 9.32. The minimum Gasteiger partial charge on any atom is -0.462 e. The number of unbranched alkanes of at least 4 members (excludes halogenated alkanes) is 7. The molecule has 3 nitrogen and oxygen atoms in total. The van der Waals surface area contributed by atoms with Gasteiger partial charge in [-0.25, -0.2) is 0 Å². The molecule has 0 aliphatic heterocycles. The molecule has 0 heterocycles. The number of ether oxygens (including phenoxy) is 1. The Balaban J connectivity index is 1.08. The molecule has 0 spiro atoms. The van der Waals surface area contributed by atoms with Crippen LogP contribution in [-0.4, -0.2) is 23.3 Å². The van der Waals surface area contributed by atoms with E-state index in [9.17, 15) is 9.90 Å². The van der Waals surface area contributed by atoms with Gasteiger partial charge in [-0.15, -0.1) is 0 Å². The molecule has 0 amide bonds. The van der Waals surface area contributed by atoms with Crippen LogP contribution in [0.4, 0.5) is 0 Å². The van der Waals surface area contributed by atoms with Crippen molar-refractivity contribution in [1.29, 1.82) is 0 Å². The van der Waals surface area contributed by atoms with Crippen LogP contribution in [0.25, 0.3) is 0 Å². The third-order valence-electron chi connectivity index (χ3n) is 17.1. The maximum absolute atomic E-state index is 13.2. The highest BCUT2D eigenvalue weighted by molar-refractivity contribution is 5.69. The summed E-state index contributed by atoms with van der Waals surface area (Å²) in [7, 11) is 0. The van der Waals surface area contributed by atoms with Gasteiger partial charge in [-0.05, 0) is 148 Å². The van der Waals surface area contributed by atoms with Gasteiger partial charge in [-0.1, -0.05) is 123 Å². The number of aliphatic hydroxyl groups is 1. The molecule has 51 heavy (non-hydrogen) atoms. The van der Waals surface area contributed by atoms with Crippen molar-refractivity contribution in [3.8, 4) is 0 Å². The third-order valence-corrected chi connectivity index (χ3v) is 17.1. The molecule has 5 fully saturated rings. The van der Waals surface area contributed by atoms with Crippen LogP contribution in [0.15, 0.2) is 36.5 Å². The van der Waals surface area contributed by atoms with Crippen molar-refractivity contribution in [3.63, 3.8) is 0 Å². The van der Waals surface area contributed by atoms with Crippen molar-refractivity contribution in [3.05, 3.63) is 36.5 Å². The molecule has 0 saturated heterocycles. The van der Waals surface area contributed by atoms with E-state index < -0.39 is 0 Å². The molecule has 0 aromatic carbocycles. The maximum atomic E-state index is 13.2. The van der Waals surface area contributed by atoms with Gasteiger partial charge in [0.25, 0.3) is 0 Å². The highest BCUT2D eigenvalue weighted by Gasteiger charge is 2.70. The smallest absolute Gasteiger partial charge is 0.306 e. The first-order chi connectivity index (χ1) is 24.1. The summed E-state index contributed by atoms with van der Waals surface area (Å²) in [5, 5.41) is 9.99. The number of hydrogen-bond donors (Lipinski definition) is 1. The van der Waals surface area contributed by atoms with Gasteiger partial charge in [0.05, 0.1) is 6.10 Å². The topological polar surface area (TPSA) is 46.5 Å². The predicted octanol–water partition coefficient (Wildman–Crippen LogP) is 13.4. The fourth-order valence-corrected chi connectivity index (χ4v) is 14.0. The summed E-state index contributed by atoms with van der Waals surface area (Å²) in [5.74, 6) is 3.77. The van der Waals surface area contributed by atoms with Crippen molar-refractivity contribution >= 4 is 5.97 Å². The number of hydrogen-bond acceptors (Lipinski definition) is 3. The van der Waals surface area contributed by atoms with Crippen molar-refractivity contribution < 1.29 is 14.6 Å². The Hall–Kier alpha value is -1.35. The molecular weight excluding hydrogens is 625 g/mol. The highest BCUT2D eigenvalue weighted by atomic mass is 16.5. The molecule has 5 aliphatic carbocycles. The van der Waals surface area contributed by atoms with E-state index in [0.29, 0.717) is 34.0 Å². The number of rotatable bonds is 16. The zero-order chi connectivity index (χ0) is 37.1. The van der Waals surface area contributed by atoms with Gasteiger partial charge in [0.1, 0.15) is 6.10 Å². The van der Waals surface area contributed by atoms with Gasteiger partial charge in [-0.2, -0.15) is 0 Å². The average Bonchev–Trinajstić information content (AvgIpc) is 3.43. The highest BCUT2D eigenvalue weighted by Crippen LogP contribution is 2.77. The SMILES string of the molecule is C=C(C)[C@@H]1CC[C@]2(C)CC[C@]3(C)[C@H](CC[C@@H]4[C@@]5(C)CC[C@H](OC(=O)CCCCCCC/C=C\C=C\C(O)CCCCC)C(C)(C)[C@@H]5CC[C@]43C)[C@@H]12. The van der Waals surface area contributed by atoms with E-state index in [1.165, 1.54) is 95.5 Å². The Kier molecular flexibility index (Phi) is 13.3. The predicted molar refractivity (Wildman–Crippen MR) is 215 cm³/mol. The first-order valence-corrected chi connectivity index (χ1v) is 22.0. The number of fused-ring (bicyclic) bond motifs is 7. The summed E-state index contributed by atoms with van der Waals surface area (Å²) in [6.07, 6.45) is 32.7. The van der Waals surface area contributed by atoms with Gasteiger partial charge in [0.2, 0.25) is 0 Å². The van der Waals surface area contributed by atoms with E-state index in [0.717, 1.165) is 62.2 Å². The number of aliphatic hydroxyl groups excluding tert-OH is 1. The van der Waals surface area contributed by atoms with Crippen molar-refractivity contribution in [2.75, 3.05) is 0 Å². The molecular formula is C48H80O3. The molecule has 1 N–H and O–H groups in total. The molecule has 3 heteroatoms. The lowest BCUT2D eigenvalue weighted by Crippen LogP contribution is -2.66. The Morgan fingerprint density at radius 2 is 1.55 bits per heavy atom. The number of carbonyl (C=O) groups excluding carboxylic acids is 1. The summed E-state index contributed by atoms with van der Waals surface area (Å²) in [4.78, 5) is 13.2. The van der Waals surface area contributed by atoms with Crippen LogP contribution >= 0.6 is 0 Å². The summed E-state index contributed by atoms with van der Waals surface area (Å²) < 4.78 is 6.41. The average molecular weight is 705 g/mol. The van der Waals surface area contributed by atoms with Crippen LogP contribution in [0.1, 0.15) is 190 Å². The Labute approximate surface area is 315 Å². The van der Waals surface area contributed by atoms with Crippen LogP contribution in [-0.2, 0) is 9.53 Å². The second-order valence-electron chi connectivity index (χ2n) is 20.4. The van der Waals surface area contributed by atoms with E-state index >= 15 is 0 Å². The van der Waals surface area contributed by atoms with E-state index in [4.69, 9.17) is 4.74 Å². The Morgan fingerprint density at radius 3 is 2.29 bits per heavy atom. The summed E-state index contributed by atoms with van der Waals surface area (Å²) in [6.45, 7) is 24.8. The van der Waals surface area contributed by atoms with Crippen molar-refractivity contribution in [2.24, 2.45) is 56.7 Å². The van der Waals surface area contributed by atoms with Gasteiger partial charge in [0, 0.05) is 11.8 Å². The minimum absolute atomic E-state index is 0.0131. The molecule has 5 saturated carbocycles. The zero-order valence-corrected chi connectivity index (χ0v) is 34.7. The molecule has 1 unspecified atom stereocenters. The van der Waals surface area contributed by atoms with Gasteiger partial charge in [0.15, 0.2) is 0 Å². The van der Waals surface area contributed by atoms with E-state index in [1.807, 2.05) is 12.2 Å². The second kappa shape index (κ2) is 16.6. The summed E-state index contributed by atoms with van der Waals surface area (Å²) >= 11 is 0. The van der Waals surface area contributed by atoms with Crippen LogP contribution in [0.2, 0.25) is 0 Å². The summed E-state index contributed by atoms with van der Waals surface area (Å²) in [6, 6.07) is 0. The molecule has 0 aromatic heterocycles. The van der Waals surface area contributed by atoms with Crippen LogP contribution in [0, 0.1) is 56.7 Å².